The normalized spacial score (nSPS) is 22.0. The van der Waals surface area contributed by atoms with Gasteiger partial charge in [0.05, 0.1) is 19.4 Å². The van der Waals surface area contributed by atoms with E-state index in [9.17, 15) is 4.79 Å². The molecule has 2 fully saturated rings. The van der Waals surface area contributed by atoms with Crippen molar-refractivity contribution in [1.82, 2.24) is 15.3 Å². The molecule has 0 aromatic carbocycles. The lowest BCUT2D eigenvalue weighted by Crippen LogP contribution is -2.54. The third kappa shape index (κ3) is 3.19. The summed E-state index contributed by atoms with van der Waals surface area (Å²) in [6.07, 6.45) is 3.65. The molecule has 1 atom stereocenters. The molecule has 1 aromatic heterocycles. The lowest BCUT2D eigenvalue weighted by atomic mass is 10.2. The molecular formula is C13H18ClN5O2. The van der Waals surface area contributed by atoms with E-state index in [0.717, 1.165) is 12.8 Å². The second-order valence-corrected chi connectivity index (χ2v) is 5.59. The molecule has 8 heteroatoms. The summed E-state index contributed by atoms with van der Waals surface area (Å²) in [5.74, 6) is 1.01. The van der Waals surface area contributed by atoms with Gasteiger partial charge in [-0.3, -0.25) is 4.79 Å². The molecule has 0 bridgehead atoms. The van der Waals surface area contributed by atoms with Crippen molar-refractivity contribution in [2.75, 3.05) is 37.0 Å². The predicted molar refractivity (Wildman–Crippen MR) is 79.7 cm³/mol. The van der Waals surface area contributed by atoms with Gasteiger partial charge in [0.25, 0.3) is 0 Å². The van der Waals surface area contributed by atoms with E-state index in [0.29, 0.717) is 42.6 Å². The van der Waals surface area contributed by atoms with E-state index in [4.69, 9.17) is 16.3 Å². The molecule has 3 rings (SSSR count). The highest BCUT2D eigenvalue weighted by Crippen LogP contribution is 2.27. The molecule has 1 amide bonds. The third-order valence-electron chi connectivity index (χ3n) is 3.58. The summed E-state index contributed by atoms with van der Waals surface area (Å²) in [6.45, 7) is 1.46. The summed E-state index contributed by atoms with van der Waals surface area (Å²) in [7, 11) is 1.74. The van der Waals surface area contributed by atoms with Crippen molar-refractivity contribution in [3.63, 3.8) is 0 Å². The molecule has 7 nitrogen and oxygen atoms in total. The zero-order valence-electron chi connectivity index (χ0n) is 11.8. The van der Waals surface area contributed by atoms with Crippen molar-refractivity contribution < 1.29 is 9.53 Å². The minimum absolute atomic E-state index is 0.0297. The van der Waals surface area contributed by atoms with Crippen molar-refractivity contribution in [1.29, 1.82) is 0 Å². The number of nitrogens with zero attached hydrogens (tertiary/aromatic N) is 3. The predicted octanol–water partition coefficient (Wildman–Crippen LogP) is 0.655. The Kier molecular flexibility index (Phi) is 4.12. The van der Waals surface area contributed by atoms with Crippen molar-refractivity contribution in [3.8, 4) is 0 Å². The molecule has 1 aliphatic heterocycles. The summed E-state index contributed by atoms with van der Waals surface area (Å²) in [6, 6.07) is -0.0912. The van der Waals surface area contributed by atoms with Crippen molar-refractivity contribution in [2.45, 2.75) is 24.9 Å². The molecule has 1 aromatic rings. The van der Waals surface area contributed by atoms with Gasteiger partial charge in [0.15, 0.2) is 5.82 Å². The summed E-state index contributed by atoms with van der Waals surface area (Å²) in [5.41, 5.74) is 0. The second-order valence-electron chi connectivity index (χ2n) is 5.18. The highest BCUT2D eigenvalue weighted by Gasteiger charge is 2.34. The minimum Gasteiger partial charge on any atom is -0.377 e. The van der Waals surface area contributed by atoms with Crippen molar-refractivity contribution in [3.05, 3.63) is 11.2 Å². The second kappa shape index (κ2) is 6.03. The maximum atomic E-state index is 12.4. The van der Waals surface area contributed by atoms with Gasteiger partial charge < -0.3 is 20.3 Å². The van der Waals surface area contributed by atoms with Gasteiger partial charge in [0.1, 0.15) is 11.1 Å². The Balaban J connectivity index is 1.84. The summed E-state index contributed by atoms with van der Waals surface area (Å²) >= 11 is 6.21. The van der Waals surface area contributed by atoms with Crippen LogP contribution in [0.5, 0.6) is 0 Å². The van der Waals surface area contributed by atoms with E-state index >= 15 is 0 Å². The zero-order chi connectivity index (χ0) is 14.8. The first-order valence-electron chi connectivity index (χ1n) is 7.04. The fraction of sp³-hybridized carbons (Fsp3) is 0.615. The van der Waals surface area contributed by atoms with Gasteiger partial charge in [-0.2, -0.15) is 4.98 Å². The molecule has 21 heavy (non-hydrogen) atoms. The van der Waals surface area contributed by atoms with Gasteiger partial charge in [-0.1, -0.05) is 11.6 Å². The Hall–Kier alpha value is -1.60. The Bertz CT molecular complexity index is 537. The lowest BCUT2D eigenvalue weighted by molar-refractivity contribution is -0.124. The molecular weight excluding hydrogens is 294 g/mol. The number of amides is 1. The van der Waals surface area contributed by atoms with Crippen LogP contribution in [0, 0.1) is 0 Å². The molecule has 0 spiro atoms. The molecule has 2 heterocycles. The Morgan fingerprint density at radius 2 is 2.33 bits per heavy atom. The van der Waals surface area contributed by atoms with Crippen LogP contribution in [0.1, 0.15) is 12.8 Å². The number of hydrogen-bond donors (Lipinski definition) is 2. The van der Waals surface area contributed by atoms with Gasteiger partial charge in [-0.05, 0) is 12.8 Å². The largest absolute Gasteiger partial charge is 0.377 e. The lowest BCUT2D eigenvalue weighted by Gasteiger charge is -2.35. The van der Waals surface area contributed by atoms with Gasteiger partial charge in [-0.25, -0.2) is 4.98 Å². The van der Waals surface area contributed by atoms with Crippen LogP contribution in [0.2, 0.25) is 5.02 Å². The topological polar surface area (TPSA) is 79.4 Å². The average molecular weight is 312 g/mol. The van der Waals surface area contributed by atoms with E-state index in [1.165, 1.54) is 0 Å². The standard InChI is InChI=1S/C13H18ClN5O2/c1-15-13-16-6-9(14)11(18-13)19-4-5-21-7-10(19)12(20)17-8-2-3-8/h6,8,10H,2-5,7H2,1H3,(H,17,20)(H,15,16,18). The number of halogens is 1. The van der Waals surface area contributed by atoms with E-state index in [2.05, 4.69) is 20.6 Å². The number of carbonyl (C=O) groups is 1. The van der Waals surface area contributed by atoms with Crippen LogP contribution in [0.3, 0.4) is 0 Å². The number of ether oxygens (including phenoxy) is 1. The van der Waals surface area contributed by atoms with Crippen LogP contribution in [-0.2, 0) is 9.53 Å². The fourth-order valence-electron chi connectivity index (χ4n) is 2.28. The van der Waals surface area contributed by atoms with Crippen LogP contribution < -0.4 is 15.5 Å². The molecule has 2 aliphatic rings. The SMILES string of the molecule is CNc1ncc(Cl)c(N2CCOCC2C(=O)NC2CC2)n1. The number of hydrogen-bond acceptors (Lipinski definition) is 6. The number of aromatic nitrogens is 2. The van der Waals surface area contributed by atoms with E-state index in [1.807, 2.05) is 4.90 Å². The quantitative estimate of drug-likeness (QED) is 0.850. The van der Waals surface area contributed by atoms with Crippen LogP contribution >= 0.6 is 11.6 Å². The molecule has 1 aliphatic carbocycles. The number of rotatable bonds is 4. The maximum absolute atomic E-state index is 12.4. The number of morpholine rings is 1. The molecule has 1 unspecified atom stereocenters. The Labute approximate surface area is 128 Å². The van der Waals surface area contributed by atoms with E-state index in [1.54, 1.807) is 13.2 Å². The molecule has 1 saturated carbocycles. The van der Waals surface area contributed by atoms with Gasteiger partial charge in [0, 0.05) is 19.6 Å². The first-order valence-corrected chi connectivity index (χ1v) is 7.42. The highest BCUT2D eigenvalue weighted by atomic mass is 35.5. The minimum atomic E-state index is -0.406. The summed E-state index contributed by atoms with van der Waals surface area (Å²) in [5, 5.41) is 6.32. The monoisotopic (exact) mass is 311 g/mol. The Morgan fingerprint density at radius 1 is 1.52 bits per heavy atom. The summed E-state index contributed by atoms with van der Waals surface area (Å²) < 4.78 is 5.45. The van der Waals surface area contributed by atoms with Gasteiger partial charge >= 0.3 is 0 Å². The highest BCUT2D eigenvalue weighted by molar-refractivity contribution is 6.32. The number of carbonyl (C=O) groups excluding carboxylic acids is 1. The summed E-state index contributed by atoms with van der Waals surface area (Å²) in [4.78, 5) is 22.7. The number of nitrogens with one attached hydrogen (secondary N) is 2. The van der Waals surface area contributed by atoms with Crippen LogP contribution in [0.25, 0.3) is 0 Å². The Morgan fingerprint density at radius 3 is 3.05 bits per heavy atom. The average Bonchev–Trinajstić information content (AvgIpc) is 3.32. The first-order chi connectivity index (χ1) is 10.2. The van der Waals surface area contributed by atoms with Crippen LogP contribution in [0.15, 0.2) is 6.20 Å². The van der Waals surface area contributed by atoms with Gasteiger partial charge in [-0.15, -0.1) is 0 Å². The van der Waals surface area contributed by atoms with Gasteiger partial charge in [0.2, 0.25) is 11.9 Å². The number of anilines is 2. The van der Waals surface area contributed by atoms with E-state index in [-0.39, 0.29) is 5.91 Å². The van der Waals surface area contributed by atoms with Crippen LogP contribution in [0.4, 0.5) is 11.8 Å². The third-order valence-corrected chi connectivity index (χ3v) is 3.84. The van der Waals surface area contributed by atoms with Crippen molar-refractivity contribution >= 4 is 29.3 Å². The first kappa shape index (κ1) is 14.3. The molecule has 114 valence electrons. The molecule has 1 saturated heterocycles. The fourth-order valence-corrected chi connectivity index (χ4v) is 2.48. The maximum Gasteiger partial charge on any atom is 0.245 e. The zero-order valence-corrected chi connectivity index (χ0v) is 12.6. The smallest absolute Gasteiger partial charge is 0.245 e. The van der Waals surface area contributed by atoms with E-state index < -0.39 is 6.04 Å². The van der Waals surface area contributed by atoms with Crippen LogP contribution in [-0.4, -0.2) is 54.8 Å². The van der Waals surface area contributed by atoms with Crippen molar-refractivity contribution in [2.24, 2.45) is 0 Å². The molecule has 0 radical (unpaired) electrons. The molecule has 2 N–H and O–H groups in total.